The smallest absolute Gasteiger partial charge is 0.392 e. The number of rotatable bonds is 6. The Morgan fingerprint density at radius 3 is 2.25 bits per heavy atom. The van der Waals surface area contributed by atoms with Crippen LogP contribution in [0.4, 0.5) is 13.2 Å². The average Bonchev–Trinajstić information content (AvgIpc) is 2.13. The van der Waals surface area contributed by atoms with Gasteiger partial charge in [0.05, 0.1) is 12.3 Å². The van der Waals surface area contributed by atoms with Crippen molar-refractivity contribution >= 4 is 5.97 Å². The Kier molecular flexibility index (Phi) is 5.78. The number of carboxylic acid groups (broad SMARTS) is 1. The maximum atomic E-state index is 12.5. The van der Waals surface area contributed by atoms with Gasteiger partial charge in [0.2, 0.25) is 0 Å². The molecule has 0 aliphatic carbocycles. The first-order valence-electron chi connectivity index (χ1n) is 5.22. The van der Waals surface area contributed by atoms with Crippen LogP contribution in [0.1, 0.15) is 33.1 Å². The number of halogens is 3. The summed E-state index contributed by atoms with van der Waals surface area (Å²) in [7, 11) is 0. The summed E-state index contributed by atoms with van der Waals surface area (Å²) in [6.07, 6.45) is -5.05. The third-order valence-electron chi connectivity index (χ3n) is 2.82. The molecule has 0 saturated heterocycles. The molecule has 0 unspecified atom stereocenters. The summed E-state index contributed by atoms with van der Waals surface area (Å²) < 4.78 is 37.5. The zero-order valence-corrected chi connectivity index (χ0v) is 9.42. The number of aliphatic carboxylic acids is 1. The molecule has 0 fully saturated rings. The predicted octanol–water partition coefficient (Wildman–Crippen LogP) is 2.40. The molecule has 0 rings (SSSR count). The van der Waals surface area contributed by atoms with E-state index < -0.39 is 30.5 Å². The Balaban J connectivity index is 4.49. The number of alkyl halides is 3. The van der Waals surface area contributed by atoms with Crippen molar-refractivity contribution in [2.24, 2.45) is 17.6 Å². The standard InChI is InChI=1S/C10H18F3NO2/c1-3-6(2)8(14)4-7(5-9(15)16)10(11,12)13/h6-8H,3-5,14H2,1-2H3,(H,15,16)/t6-,7+,8-/m0/s1. The minimum Gasteiger partial charge on any atom is -0.481 e. The molecule has 96 valence electrons. The molecule has 0 saturated carbocycles. The monoisotopic (exact) mass is 241 g/mol. The summed E-state index contributed by atoms with van der Waals surface area (Å²) in [5, 5.41) is 8.42. The first-order valence-corrected chi connectivity index (χ1v) is 5.22. The van der Waals surface area contributed by atoms with E-state index in [1.54, 1.807) is 6.92 Å². The normalized spacial score (nSPS) is 17.9. The van der Waals surface area contributed by atoms with Gasteiger partial charge < -0.3 is 10.8 Å². The molecule has 0 bridgehead atoms. The second-order valence-corrected chi connectivity index (χ2v) is 4.12. The van der Waals surface area contributed by atoms with Gasteiger partial charge in [-0.1, -0.05) is 20.3 Å². The van der Waals surface area contributed by atoms with E-state index in [0.717, 1.165) is 0 Å². The molecule has 3 nitrogen and oxygen atoms in total. The van der Waals surface area contributed by atoms with Gasteiger partial charge >= 0.3 is 12.1 Å². The summed E-state index contributed by atoms with van der Waals surface area (Å²) >= 11 is 0. The maximum absolute atomic E-state index is 12.5. The molecule has 0 spiro atoms. The molecule has 0 aliphatic rings. The minimum atomic E-state index is -4.50. The first kappa shape index (κ1) is 15.2. The van der Waals surface area contributed by atoms with Gasteiger partial charge in [-0.2, -0.15) is 13.2 Å². The van der Waals surface area contributed by atoms with Gasteiger partial charge in [0, 0.05) is 6.04 Å². The van der Waals surface area contributed by atoms with E-state index in [1.807, 2.05) is 6.92 Å². The fourth-order valence-corrected chi connectivity index (χ4v) is 1.41. The van der Waals surface area contributed by atoms with Crippen LogP contribution in [0.3, 0.4) is 0 Å². The van der Waals surface area contributed by atoms with E-state index in [0.29, 0.717) is 6.42 Å². The van der Waals surface area contributed by atoms with Crippen LogP contribution in [0, 0.1) is 11.8 Å². The molecule has 0 aliphatic heterocycles. The average molecular weight is 241 g/mol. The Hall–Kier alpha value is -0.780. The van der Waals surface area contributed by atoms with Crippen LogP contribution in [-0.4, -0.2) is 23.3 Å². The predicted molar refractivity (Wildman–Crippen MR) is 53.8 cm³/mol. The molecule has 0 aromatic carbocycles. The molecule has 3 N–H and O–H groups in total. The quantitative estimate of drug-likeness (QED) is 0.750. The summed E-state index contributed by atoms with van der Waals surface area (Å²) in [6.45, 7) is 3.60. The number of hydrogen-bond acceptors (Lipinski definition) is 2. The fourth-order valence-electron chi connectivity index (χ4n) is 1.41. The zero-order chi connectivity index (χ0) is 12.9. The topological polar surface area (TPSA) is 63.3 Å². The number of hydrogen-bond donors (Lipinski definition) is 2. The SMILES string of the molecule is CC[C@H](C)[C@@H](N)C[C@H](CC(=O)O)C(F)(F)F. The molecule has 0 aromatic rings. The lowest BCUT2D eigenvalue weighted by Crippen LogP contribution is -2.36. The molecule has 3 atom stereocenters. The zero-order valence-electron chi connectivity index (χ0n) is 9.42. The van der Waals surface area contributed by atoms with Gasteiger partial charge in [0.25, 0.3) is 0 Å². The van der Waals surface area contributed by atoms with E-state index >= 15 is 0 Å². The number of carbonyl (C=O) groups is 1. The Labute approximate surface area is 92.8 Å². The van der Waals surface area contributed by atoms with Gasteiger partial charge in [-0.25, -0.2) is 0 Å². The van der Waals surface area contributed by atoms with E-state index in [4.69, 9.17) is 10.8 Å². The molecule has 0 amide bonds. The molecule has 0 aromatic heterocycles. The Bertz CT molecular complexity index is 231. The molecule has 6 heteroatoms. The third-order valence-corrected chi connectivity index (χ3v) is 2.82. The van der Waals surface area contributed by atoms with Crippen molar-refractivity contribution in [1.82, 2.24) is 0 Å². The van der Waals surface area contributed by atoms with E-state index in [2.05, 4.69) is 0 Å². The lowest BCUT2D eigenvalue weighted by molar-refractivity contribution is -0.185. The Morgan fingerprint density at radius 2 is 1.94 bits per heavy atom. The van der Waals surface area contributed by atoms with Crippen molar-refractivity contribution in [3.05, 3.63) is 0 Å². The van der Waals surface area contributed by atoms with Gasteiger partial charge in [-0.15, -0.1) is 0 Å². The van der Waals surface area contributed by atoms with Gasteiger partial charge in [0.1, 0.15) is 0 Å². The van der Waals surface area contributed by atoms with Crippen LogP contribution in [0.25, 0.3) is 0 Å². The Morgan fingerprint density at radius 1 is 1.44 bits per heavy atom. The molecule has 16 heavy (non-hydrogen) atoms. The van der Waals surface area contributed by atoms with Crippen molar-refractivity contribution in [2.45, 2.75) is 45.3 Å². The van der Waals surface area contributed by atoms with Crippen LogP contribution < -0.4 is 5.73 Å². The van der Waals surface area contributed by atoms with Crippen molar-refractivity contribution < 1.29 is 23.1 Å². The summed E-state index contributed by atoms with van der Waals surface area (Å²) in [4.78, 5) is 10.3. The molecular formula is C10H18F3NO2. The largest absolute Gasteiger partial charge is 0.481 e. The lowest BCUT2D eigenvalue weighted by Gasteiger charge is -2.25. The summed E-state index contributed by atoms with van der Waals surface area (Å²) in [6, 6.07) is -0.615. The van der Waals surface area contributed by atoms with Crippen LogP contribution in [0.5, 0.6) is 0 Å². The van der Waals surface area contributed by atoms with Crippen molar-refractivity contribution in [3.63, 3.8) is 0 Å². The second-order valence-electron chi connectivity index (χ2n) is 4.12. The van der Waals surface area contributed by atoms with Gasteiger partial charge in [-0.3, -0.25) is 4.79 Å². The molecule has 0 radical (unpaired) electrons. The van der Waals surface area contributed by atoms with Crippen LogP contribution >= 0.6 is 0 Å². The van der Waals surface area contributed by atoms with E-state index in [1.165, 1.54) is 0 Å². The number of nitrogens with two attached hydrogens (primary N) is 1. The molecule has 0 heterocycles. The highest BCUT2D eigenvalue weighted by Gasteiger charge is 2.41. The minimum absolute atomic E-state index is 0.0429. The fraction of sp³-hybridized carbons (Fsp3) is 0.900. The second kappa shape index (κ2) is 6.08. The lowest BCUT2D eigenvalue weighted by atomic mass is 9.88. The van der Waals surface area contributed by atoms with Crippen LogP contribution in [0.2, 0.25) is 0 Å². The summed E-state index contributed by atoms with van der Waals surface area (Å²) in [5.41, 5.74) is 5.61. The van der Waals surface area contributed by atoms with Crippen LogP contribution in [0.15, 0.2) is 0 Å². The van der Waals surface area contributed by atoms with Crippen molar-refractivity contribution in [1.29, 1.82) is 0 Å². The van der Waals surface area contributed by atoms with Crippen molar-refractivity contribution in [3.8, 4) is 0 Å². The van der Waals surface area contributed by atoms with Gasteiger partial charge in [0.15, 0.2) is 0 Å². The highest BCUT2D eigenvalue weighted by atomic mass is 19.4. The number of carboxylic acids is 1. The third kappa shape index (κ3) is 5.34. The molecular weight excluding hydrogens is 223 g/mol. The maximum Gasteiger partial charge on any atom is 0.392 e. The summed E-state index contributed by atoms with van der Waals surface area (Å²) in [5.74, 6) is -3.34. The highest BCUT2D eigenvalue weighted by Crippen LogP contribution is 2.33. The highest BCUT2D eigenvalue weighted by molar-refractivity contribution is 5.67. The van der Waals surface area contributed by atoms with E-state index in [-0.39, 0.29) is 12.3 Å². The van der Waals surface area contributed by atoms with Crippen molar-refractivity contribution in [2.75, 3.05) is 0 Å². The van der Waals surface area contributed by atoms with Crippen LogP contribution in [-0.2, 0) is 4.79 Å². The van der Waals surface area contributed by atoms with E-state index in [9.17, 15) is 18.0 Å². The first-order chi connectivity index (χ1) is 7.18. The van der Waals surface area contributed by atoms with Gasteiger partial charge in [-0.05, 0) is 12.3 Å².